The van der Waals surface area contributed by atoms with Gasteiger partial charge in [0.05, 0.1) is 9.00 Å². The minimum absolute atomic E-state index is 0.989. The van der Waals surface area contributed by atoms with Gasteiger partial charge in [0.2, 0.25) is 0 Å². The molecule has 0 amide bonds. The smallest absolute Gasteiger partial charge is 0.373 e. The molecule has 190 valence electrons. The van der Waals surface area contributed by atoms with Gasteiger partial charge in [-0.1, -0.05) is 48.5 Å². The van der Waals surface area contributed by atoms with E-state index >= 15 is 0 Å². The quantitative estimate of drug-likeness (QED) is 0.242. The molecule has 0 radical (unpaired) electrons. The first-order chi connectivity index (χ1) is 17.5. The third-order valence-electron chi connectivity index (χ3n) is 6.10. The van der Waals surface area contributed by atoms with Crippen LogP contribution < -0.4 is 9.00 Å². The van der Waals surface area contributed by atoms with E-state index in [1.165, 1.54) is 0 Å². The largest absolute Gasteiger partial charge is 0.546 e. The highest BCUT2D eigenvalue weighted by Gasteiger charge is 2.43. The van der Waals surface area contributed by atoms with Crippen LogP contribution in [-0.4, -0.2) is 60.3 Å². The van der Waals surface area contributed by atoms with Gasteiger partial charge < -0.3 is 26.6 Å². The standard InChI is InChI=1S/C26H30O6S2Si2/c1-27-35(28-2,29-3)25-17-15-23(33-25)21-11-7-19(8-12-21)20-9-13-22(14-10-20)24-16-18-26(34-24)36(30-4,31-5)32-6/h7-18H,1-6H3. The van der Waals surface area contributed by atoms with Crippen LogP contribution in [0.25, 0.3) is 32.0 Å². The third kappa shape index (κ3) is 5.07. The molecule has 0 fully saturated rings. The van der Waals surface area contributed by atoms with Crippen molar-refractivity contribution in [2.24, 2.45) is 0 Å². The summed E-state index contributed by atoms with van der Waals surface area (Å²) < 4.78 is 35.7. The highest BCUT2D eigenvalue weighted by molar-refractivity contribution is 7.27. The summed E-state index contributed by atoms with van der Waals surface area (Å²) in [6.07, 6.45) is 0. The summed E-state index contributed by atoms with van der Waals surface area (Å²) in [5, 5.41) is 0. The van der Waals surface area contributed by atoms with Crippen LogP contribution in [0.15, 0.2) is 72.8 Å². The van der Waals surface area contributed by atoms with Crippen molar-refractivity contribution in [1.29, 1.82) is 0 Å². The summed E-state index contributed by atoms with van der Waals surface area (Å²) in [4.78, 5) is 2.29. The van der Waals surface area contributed by atoms with E-state index < -0.39 is 17.6 Å². The fraction of sp³-hybridized carbons (Fsp3) is 0.231. The molecule has 0 aliphatic rings. The van der Waals surface area contributed by atoms with Crippen LogP contribution in [-0.2, 0) is 26.6 Å². The molecule has 0 aliphatic carbocycles. The lowest BCUT2D eigenvalue weighted by molar-refractivity contribution is 0.140. The second kappa shape index (κ2) is 11.6. The zero-order chi connectivity index (χ0) is 25.8. The molecule has 10 heteroatoms. The Hall–Kier alpha value is -1.97. The average Bonchev–Trinajstić information content (AvgIpc) is 3.64. The van der Waals surface area contributed by atoms with Crippen LogP contribution >= 0.6 is 22.7 Å². The second-order valence-electron chi connectivity index (χ2n) is 7.82. The van der Waals surface area contributed by atoms with E-state index in [0.717, 1.165) is 41.0 Å². The summed E-state index contributed by atoms with van der Waals surface area (Å²) in [7, 11) is 4.14. The molecule has 2 aromatic heterocycles. The first-order valence-corrected chi connectivity index (χ1v) is 16.3. The molecular formula is C26H30O6S2Si2. The maximum absolute atomic E-state index is 5.61. The highest BCUT2D eigenvalue weighted by atomic mass is 32.1. The van der Waals surface area contributed by atoms with Gasteiger partial charge in [-0.25, -0.2) is 0 Å². The van der Waals surface area contributed by atoms with Crippen molar-refractivity contribution in [2.75, 3.05) is 42.7 Å². The van der Waals surface area contributed by atoms with Crippen molar-refractivity contribution >= 4 is 49.3 Å². The zero-order valence-corrected chi connectivity index (χ0v) is 24.8. The Bertz CT molecular complexity index is 1150. The lowest BCUT2D eigenvalue weighted by Crippen LogP contribution is -2.53. The van der Waals surface area contributed by atoms with Crippen molar-refractivity contribution in [3.05, 3.63) is 72.8 Å². The predicted octanol–water partition coefficient (Wildman–Crippen LogP) is 4.98. The van der Waals surface area contributed by atoms with Gasteiger partial charge in [0.25, 0.3) is 0 Å². The van der Waals surface area contributed by atoms with Gasteiger partial charge in [-0.15, -0.1) is 22.7 Å². The highest BCUT2D eigenvalue weighted by Crippen LogP contribution is 2.31. The van der Waals surface area contributed by atoms with E-state index in [0.29, 0.717) is 0 Å². The summed E-state index contributed by atoms with van der Waals surface area (Å²) in [5.41, 5.74) is 4.61. The van der Waals surface area contributed by atoms with Gasteiger partial charge in [0, 0.05) is 52.4 Å². The molecule has 0 aliphatic heterocycles. The maximum Gasteiger partial charge on any atom is 0.546 e. The van der Waals surface area contributed by atoms with Gasteiger partial charge >= 0.3 is 17.6 Å². The summed E-state index contributed by atoms with van der Waals surface area (Å²) >= 11 is 3.28. The lowest BCUT2D eigenvalue weighted by Gasteiger charge is -2.22. The molecule has 0 N–H and O–H groups in total. The van der Waals surface area contributed by atoms with Crippen LogP contribution in [0.4, 0.5) is 0 Å². The van der Waals surface area contributed by atoms with E-state index in [9.17, 15) is 0 Å². The number of hydrogen-bond acceptors (Lipinski definition) is 8. The molecule has 2 heterocycles. The van der Waals surface area contributed by atoms with Crippen molar-refractivity contribution in [1.82, 2.24) is 0 Å². The van der Waals surface area contributed by atoms with Crippen LogP contribution in [0.5, 0.6) is 0 Å². The summed E-state index contributed by atoms with van der Waals surface area (Å²) in [6, 6.07) is 25.4. The SMILES string of the molecule is CO[Si](OC)(OC)c1ccc(-c2ccc(-c3ccc(-c4ccc([Si](OC)(OC)OC)s4)cc3)cc2)s1. The molecule has 0 saturated carbocycles. The Kier molecular flexibility index (Phi) is 8.73. The van der Waals surface area contributed by atoms with E-state index in [-0.39, 0.29) is 0 Å². The second-order valence-corrected chi connectivity index (χ2v) is 16.5. The van der Waals surface area contributed by atoms with Crippen molar-refractivity contribution in [3.8, 4) is 32.0 Å². The number of thiophene rings is 2. The Morgan fingerprint density at radius 2 is 0.667 bits per heavy atom. The van der Waals surface area contributed by atoms with E-state index in [1.54, 1.807) is 65.3 Å². The molecule has 0 unspecified atom stereocenters. The first-order valence-electron chi connectivity index (χ1n) is 11.2. The van der Waals surface area contributed by atoms with Gasteiger partial charge in [0.15, 0.2) is 0 Å². The van der Waals surface area contributed by atoms with Gasteiger partial charge in [0.1, 0.15) is 0 Å². The monoisotopic (exact) mass is 558 g/mol. The molecule has 4 rings (SSSR count). The number of hydrogen-bond donors (Lipinski definition) is 0. The van der Waals surface area contributed by atoms with Gasteiger partial charge in [-0.3, -0.25) is 0 Å². The van der Waals surface area contributed by atoms with Crippen molar-refractivity contribution in [3.63, 3.8) is 0 Å². The van der Waals surface area contributed by atoms with Gasteiger partial charge in [-0.05, 0) is 46.5 Å². The minimum Gasteiger partial charge on any atom is -0.373 e. The fourth-order valence-electron chi connectivity index (χ4n) is 4.07. The lowest BCUT2D eigenvalue weighted by atomic mass is 10.0. The molecule has 0 saturated heterocycles. The van der Waals surface area contributed by atoms with E-state index in [1.807, 2.05) is 12.1 Å². The molecule has 36 heavy (non-hydrogen) atoms. The minimum atomic E-state index is -2.82. The van der Waals surface area contributed by atoms with Crippen LogP contribution in [0.3, 0.4) is 0 Å². The Balaban J connectivity index is 1.52. The number of rotatable bonds is 11. The average molecular weight is 559 g/mol. The molecule has 4 aromatic rings. The fourth-order valence-corrected chi connectivity index (χ4v) is 11.5. The maximum atomic E-state index is 5.61. The van der Waals surface area contributed by atoms with Gasteiger partial charge in [-0.2, -0.15) is 0 Å². The molecule has 0 atom stereocenters. The zero-order valence-electron chi connectivity index (χ0n) is 21.2. The summed E-state index contributed by atoms with van der Waals surface area (Å²) in [6.45, 7) is 0. The van der Waals surface area contributed by atoms with Crippen LogP contribution in [0.2, 0.25) is 0 Å². The van der Waals surface area contributed by atoms with Crippen molar-refractivity contribution in [2.45, 2.75) is 0 Å². The third-order valence-corrected chi connectivity index (χ3v) is 14.9. The Morgan fingerprint density at radius 3 is 0.944 bits per heavy atom. The molecule has 0 bridgehead atoms. The number of benzene rings is 2. The first kappa shape index (κ1) is 27.1. The van der Waals surface area contributed by atoms with Crippen LogP contribution in [0.1, 0.15) is 0 Å². The molecule has 6 nitrogen and oxygen atoms in total. The Labute approximate surface area is 222 Å². The Morgan fingerprint density at radius 1 is 0.389 bits per heavy atom. The molecule has 0 spiro atoms. The van der Waals surface area contributed by atoms with Crippen LogP contribution in [0, 0.1) is 0 Å². The predicted molar refractivity (Wildman–Crippen MR) is 151 cm³/mol. The molecule has 2 aromatic carbocycles. The topological polar surface area (TPSA) is 55.4 Å². The van der Waals surface area contributed by atoms with Crippen molar-refractivity contribution < 1.29 is 26.6 Å². The normalized spacial score (nSPS) is 12.3. The van der Waals surface area contributed by atoms with E-state index in [2.05, 4.69) is 60.7 Å². The molecular weight excluding hydrogens is 529 g/mol. The summed E-state index contributed by atoms with van der Waals surface area (Å²) in [5.74, 6) is 0. The van der Waals surface area contributed by atoms with E-state index in [4.69, 9.17) is 26.6 Å².